The van der Waals surface area contributed by atoms with E-state index in [-0.39, 0.29) is 12.3 Å². The van der Waals surface area contributed by atoms with Gasteiger partial charge < -0.3 is 5.73 Å². The van der Waals surface area contributed by atoms with E-state index < -0.39 is 0 Å². The summed E-state index contributed by atoms with van der Waals surface area (Å²) in [5.41, 5.74) is 2.75. The third-order valence-corrected chi connectivity index (χ3v) is 1.21. The van der Waals surface area contributed by atoms with Crippen LogP contribution in [-0.4, -0.2) is 5.91 Å². The first-order valence-electron chi connectivity index (χ1n) is 3.57. The Morgan fingerprint density at radius 1 is 1.50 bits per heavy atom. The molecule has 2 heteroatoms. The summed E-state index contributed by atoms with van der Waals surface area (Å²) in [6.07, 6.45) is 0.282. The van der Waals surface area contributed by atoms with Crippen LogP contribution in [0, 0.1) is 0 Å². The molecular weight excluding hydrogens is 126 g/mol. The molecule has 2 N–H and O–H groups in total. The summed E-state index contributed by atoms with van der Waals surface area (Å²) in [4.78, 5) is 10.7. The van der Waals surface area contributed by atoms with E-state index in [1.807, 2.05) is 36.1 Å². The number of nitrogens with two attached hydrogens (primary N) is 1. The fraction of sp³-hybridized carbons (Fsp3) is 0.125. The topological polar surface area (TPSA) is 43.1 Å². The molecule has 1 rings (SSSR count). The zero-order valence-electron chi connectivity index (χ0n) is 6.50. The molecule has 10 heavy (non-hydrogen) atoms. The number of benzene rings is 1. The summed E-state index contributed by atoms with van der Waals surface area (Å²) >= 11 is 0. The maximum absolute atomic E-state index is 10.7. The van der Waals surface area contributed by atoms with Crippen molar-refractivity contribution in [2.45, 2.75) is 6.42 Å². The molecule has 2 nitrogen and oxygen atoms in total. The Morgan fingerprint density at radius 3 is 2.80 bits per heavy atom. The van der Waals surface area contributed by atoms with Crippen LogP contribution in [0.4, 0.5) is 0 Å². The minimum atomic E-state index is -0.281. The van der Waals surface area contributed by atoms with Crippen molar-refractivity contribution in [3.8, 4) is 0 Å². The van der Waals surface area contributed by atoms with E-state index in [0.29, 0.717) is 0 Å². The van der Waals surface area contributed by atoms with Crippen LogP contribution in [-0.2, 0) is 11.2 Å². The quantitative estimate of drug-likeness (QED) is 0.639. The molecule has 0 heterocycles. The third kappa shape index (κ3) is 1.90. The van der Waals surface area contributed by atoms with Gasteiger partial charge in [-0.3, -0.25) is 4.79 Å². The van der Waals surface area contributed by atoms with Gasteiger partial charge in [0.2, 0.25) is 5.91 Å². The Kier molecular flexibility index (Phi) is 1.65. The van der Waals surface area contributed by atoms with Gasteiger partial charge in [0.15, 0.2) is 1.41 Å². The summed E-state index contributed by atoms with van der Waals surface area (Å²) < 4.78 is 6.56. The van der Waals surface area contributed by atoms with E-state index in [0.717, 1.165) is 5.56 Å². The van der Waals surface area contributed by atoms with Gasteiger partial charge in [-0.1, -0.05) is 30.3 Å². The number of hydrogen-bond donors (Lipinski definition) is 1. The van der Waals surface area contributed by atoms with Crippen LogP contribution in [0.1, 0.15) is 5.56 Å². The molecule has 0 aromatic heterocycles. The lowest BCUT2D eigenvalue weighted by atomic mass is 10.1. The van der Waals surface area contributed by atoms with Gasteiger partial charge in [-0.05, 0) is 5.56 Å². The van der Waals surface area contributed by atoms with E-state index in [1.54, 1.807) is 0 Å². The Bertz CT molecular complexity index is 235. The molecule has 0 fully saturated rings. The summed E-state index contributed by atoms with van der Waals surface area (Å²) in [5, 5.41) is 0. The van der Waals surface area contributed by atoms with Gasteiger partial charge >= 0.3 is 0 Å². The van der Waals surface area contributed by atoms with Crippen molar-refractivity contribution in [1.29, 1.82) is 0 Å². The molecular formula is C8H9NO. The third-order valence-electron chi connectivity index (χ3n) is 1.21. The predicted molar refractivity (Wildman–Crippen MR) is 39.3 cm³/mol. The normalized spacial score (nSPS) is 10.2. The van der Waals surface area contributed by atoms with E-state index in [1.165, 1.54) is 0 Å². The molecule has 0 bridgehead atoms. The first kappa shape index (κ1) is 5.47. The van der Waals surface area contributed by atoms with Gasteiger partial charge in [0.1, 0.15) is 0 Å². The van der Waals surface area contributed by atoms with E-state index in [9.17, 15) is 4.79 Å². The minimum absolute atomic E-state index is 0.281. The lowest BCUT2D eigenvalue weighted by Gasteiger charge is -1.93. The summed E-state index contributed by atoms with van der Waals surface area (Å²) in [6, 6.07) is 9.34. The first-order valence-corrected chi connectivity index (χ1v) is 3.07. The largest absolute Gasteiger partial charge is 0.369 e. The van der Waals surface area contributed by atoms with Crippen LogP contribution in [0.25, 0.3) is 0 Å². The number of hydrogen-bond acceptors (Lipinski definition) is 1. The van der Waals surface area contributed by atoms with E-state index in [4.69, 9.17) is 1.41 Å². The lowest BCUT2D eigenvalue weighted by molar-refractivity contribution is -0.117. The number of amides is 1. The molecule has 0 radical (unpaired) electrons. The highest BCUT2D eigenvalue weighted by atomic mass is 16.1. The lowest BCUT2D eigenvalue weighted by Crippen LogP contribution is -2.13. The van der Waals surface area contributed by atoms with E-state index >= 15 is 0 Å². The summed E-state index contributed by atoms with van der Waals surface area (Å²) in [5.74, 6) is -0.281. The number of carbonyl (C=O) groups excluding carboxylic acids is 1. The van der Waals surface area contributed by atoms with Crippen molar-refractivity contribution >= 4 is 5.91 Å². The maximum atomic E-state index is 10.7. The molecule has 1 amide bonds. The highest BCUT2D eigenvalue weighted by Gasteiger charge is 1.94. The zero-order valence-corrected chi connectivity index (χ0v) is 5.50. The van der Waals surface area contributed by atoms with Gasteiger partial charge in [0, 0.05) is 0 Å². The summed E-state index contributed by atoms with van der Waals surface area (Å²) in [7, 11) is 0. The fourth-order valence-corrected chi connectivity index (χ4v) is 0.781. The van der Waals surface area contributed by atoms with Gasteiger partial charge in [0.05, 0.1) is 6.42 Å². The number of primary amides is 1. The van der Waals surface area contributed by atoms with Crippen LogP contribution in [0.15, 0.2) is 30.3 Å². The van der Waals surface area contributed by atoms with E-state index in [2.05, 4.69) is 0 Å². The molecule has 0 aliphatic heterocycles. The van der Waals surface area contributed by atoms with Crippen LogP contribution >= 0.6 is 0 Å². The molecule has 0 spiro atoms. The molecule has 0 atom stereocenters. The Balaban J connectivity index is 2.58. The highest BCUT2D eigenvalue weighted by Crippen LogP contribution is 1.97. The van der Waals surface area contributed by atoms with Crippen molar-refractivity contribution in [2.75, 3.05) is 0 Å². The Labute approximate surface area is 61.1 Å². The molecule has 0 aliphatic carbocycles. The van der Waals surface area contributed by atoms with Crippen LogP contribution in [0.5, 0.6) is 0 Å². The SMILES string of the molecule is [2H]NC(=O)Cc1ccccc1. The zero-order chi connectivity index (χ0) is 8.10. The number of carbonyl (C=O) groups is 1. The van der Waals surface area contributed by atoms with Crippen LogP contribution in [0.3, 0.4) is 0 Å². The number of rotatable bonds is 2. The van der Waals surface area contributed by atoms with Gasteiger partial charge in [0.25, 0.3) is 0 Å². The van der Waals surface area contributed by atoms with Crippen molar-refractivity contribution in [3.05, 3.63) is 35.9 Å². The van der Waals surface area contributed by atoms with Gasteiger partial charge in [-0.25, -0.2) is 0 Å². The smallest absolute Gasteiger partial charge is 0.221 e. The fourth-order valence-electron chi connectivity index (χ4n) is 0.781. The highest BCUT2D eigenvalue weighted by molar-refractivity contribution is 5.76. The second-order valence-corrected chi connectivity index (χ2v) is 2.09. The Hall–Kier alpha value is -1.31. The molecule has 0 unspecified atom stereocenters. The molecule has 0 saturated carbocycles. The minimum Gasteiger partial charge on any atom is -0.369 e. The first-order chi connectivity index (χ1) is 5.33. The van der Waals surface area contributed by atoms with Gasteiger partial charge in [-0.15, -0.1) is 0 Å². The molecule has 0 saturated heterocycles. The monoisotopic (exact) mass is 136 g/mol. The van der Waals surface area contributed by atoms with Crippen molar-refractivity contribution < 1.29 is 6.21 Å². The van der Waals surface area contributed by atoms with Crippen LogP contribution in [0.2, 0.25) is 1.41 Å². The molecule has 52 valence electrons. The van der Waals surface area contributed by atoms with Gasteiger partial charge in [-0.2, -0.15) is 0 Å². The maximum Gasteiger partial charge on any atom is 0.221 e. The van der Waals surface area contributed by atoms with Crippen molar-refractivity contribution in [2.24, 2.45) is 5.73 Å². The molecule has 1 aromatic carbocycles. The average molecular weight is 136 g/mol. The standard InChI is InChI=1S/C8H9NO/c9-8(10)6-7-4-2-1-3-5-7/h1-5H,6H2,(H2,9,10)/i/hD. The second-order valence-electron chi connectivity index (χ2n) is 2.09. The van der Waals surface area contributed by atoms with Crippen molar-refractivity contribution in [1.82, 2.24) is 0 Å². The average Bonchev–Trinajstić information content (AvgIpc) is 2.06. The predicted octanol–water partition coefficient (Wildman–Crippen LogP) is 0.714. The summed E-state index contributed by atoms with van der Waals surface area (Å²) in [6.45, 7) is 0. The Morgan fingerprint density at radius 2 is 2.20 bits per heavy atom. The molecule has 1 aromatic rings. The molecule has 0 aliphatic rings. The van der Waals surface area contributed by atoms with Crippen LogP contribution < -0.4 is 5.73 Å². The second kappa shape index (κ2) is 3.01. The van der Waals surface area contributed by atoms with Crippen molar-refractivity contribution in [3.63, 3.8) is 0 Å².